The molecule has 1 aromatic rings. The number of aliphatic imine (C=N–C) groups is 1. The van der Waals surface area contributed by atoms with Gasteiger partial charge in [0.25, 0.3) is 5.91 Å². The number of benzene rings is 1. The van der Waals surface area contributed by atoms with Crippen molar-refractivity contribution >= 4 is 17.8 Å². The highest BCUT2D eigenvalue weighted by Gasteiger charge is 2.26. The molecule has 9 heteroatoms. The number of nitrogens with zero attached hydrogens (tertiary/aromatic N) is 3. The first-order valence-electron chi connectivity index (χ1n) is 6.30. The van der Waals surface area contributed by atoms with Gasteiger partial charge in [0, 0.05) is 7.05 Å². The van der Waals surface area contributed by atoms with Crippen LogP contribution in [0.1, 0.15) is 5.56 Å². The number of carbonyl (C=O) groups is 1. The molecule has 1 heterocycles. The van der Waals surface area contributed by atoms with E-state index in [0.29, 0.717) is 6.20 Å². The molecule has 2 rings (SSSR count). The second kappa shape index (κ2) is 6.26. The van der Waals surface area contributed by atoms with Crippen molar-refractivity contribution in [1.82, 2.24) is 4.90 Å². The first-order chi connectivity index (χ1) is 10.8. The monoisotopic (exact) mass is 321 g/mol. The fourth-order valence-electron chi connectivity index (χ4n) is 1.88. The summed E-state index contributed by atoms with van der Waals surface area (Å²) < 4.78 is 18.4. The van der Waals surface area contributed by atoms with Gasteiger partial charge in [0.2, 0.25) is 6.20 Å². The van der Waals surface area contributed by atoms with E-state index >= 15 is 0 Å². The molecule has 8 nitrogen and oxygen atoms in total. The zero-order valence-electron chi connectivity index (χ0n) is 12.2. The summed E-state index contributed by atoms with van der Waals surface area (Å²) in [7, 11) is 2.67. The molecule has 1 N–H and O–H groups in total. The average Bonchev–Trinajstić information content (AvgIpc) is 2.76. The summed E-state index contributed by atoms with van der Waals surface area (Å²) in [5.41, 5.74) is 0.222. The van der Waals surface area contributed by atoms with E-state index in [9.17, 15) is 24.4 Å². The quantitative estimate of drug-likeness (QED) is 0.514. The molecule has 0 unspecified atom stereocenters. The van der Waals surface area contributed by atoms with Crippen molar-refractivity contribution in [3.8, 4) is 11.5 Å². The van der Waals surface area contributed by atoms with Gasteiger partial charge in [-0.1, -0.05) is 0 Å². The molecule has 0 saturated carbocycles. The van der Waals surface area contributed by atoms with Crippen LogP contribution in [-0.4, -0.2) is 40.8 Å². The topological polar surface area (TPSA) is 105 Å². The molecular formula is C14H12FN3O5. The van der Waals surface area contributed by atoms with E-state index in [1.807, 2.05) is 0 Å². The Morgan fingerprint density at radius 3 is 2.78 bits per heavy atom. The van der Waals surface area contributed by atoms with Crippen LogP contribution >= 0.6 is 0 Å². The Balaban J connectivity index is 2.41. The summed E-state index contributed by atoms with van der Waals surface area (Å²) in [6.45, 7) is 0. The molecule has 0 aromatic heterocycles. The van der Waals surface area contributed by atoms with E-state index in [-0.39, 0.29) is 22.8 Å². The number of carbonyl (C=O) groups excluding carboxylic acids is 1. The maximum absolute atomic E-state index is 13.6. The predicted molar refractivity (Wildman–Crippen MR) is 78.9 cm³/mol. The molecule has 0 fully saturated rings. The number of amidine groups is 1. The lowest BCUT2D eigenvalue weighted by Crippen LogP contribution is -2.26. The number of nitro groups is 1. The molecule has 0 bridgehead atoms. The Kier molecular flexibility index (Phi) is 4.39. The molecule has 0 saturated heterocycles. The van der Waals surface area contributed by atoms with Gasteiger partial charge in [-0.25, -0.2) is 9.38 Å². The van der Waals surface area contributed by atoms with Crippen molar-refractivity contribution in [2.45, 2.75) is 0 Å². The van der Waals surface area contributed by atoms with Crippen LogP contribution in [0.2, 0.25) is 0 Å². The summed E-state index contributed by atoms with van der Waals surface area (Å²) in [6, 6.07) is 2.34. The Labute approximate surface area is 130 Å². The smallest absolute Gasteiger partial charge is 0.277 e. The predicted octanol–water partition coefficient (Wildman–Crippen LogP) is 1.54. The summed E-state index contributed by atoms with van der Waals surface area (Å²) in [5.74, 6) is -2.05. The van der Waals surface area contributed by atoms with Crippen LogP contribution in [-0.2, 0) is 4.79 Å². The zero-order valence-corrected chi connectivity index (χ0v) is 12.2. The van der Waals surface area contributed by atoms with Gasteiger partial charge >= 0.3 is 0 Å². The minimum atomic E-state index is -0.910. The number of hydrogen-bond acceptors (Lipinski definition) is 6. The third-order valence-electron chi connectivity index (χ3n) is 3.02. The van der Waals surface area contributed by atoms with E-state index in [0.717, 1.165) is 17.0 Å². The van der Waals surface area contributed by atoms with Crippen molar-refractivity contribution in [2.75, 3.05) is 14.2 Å². The van der Waals surface area contributed by atoms with Crippen molar-refractivity contribution in [3.63, 3.8) is 0 Å². The van der Waals surface area contributed by atoms with Crippen LogP contribution < -0.4 is 4.74 Å². The lowest BCUT2D eigenvalue weighted by molar-refractivity contribution is -0.402. The number of rotatable bonds is 4. The fourth-order valence-corrected chi connectivity index (χ4v) is 1.88. The second-order valence-electron chi connectivity index (χ2n) is 4.52. The second-order valence-corrected chi connectivity index (χ2v) is 4.52. The summed E-state index contributed by atoms with van der Waals surface area (Å²) in [4.78, 5) is 26.8. The van der Waals surface area contributed by atoms with Crippen molar-refractivity contribution < 1.29 is 24.0 Å². The van der Waals surface area contributed by atoms with Crippen molar-refractivity contribution in [2.24, 2.45) is 4.99 Å². The molecule has 0 atom stereocenters. The zero-order chi connectivity index (χ0) is 17.1. The van der Waals surface area contributed by atoms with Gasteiger partial charge in [0.15, 0.2) is 17.3 Å². The highest BCUT2D eigenvalue weighted by molar-refractivity contribution is 6.17. The standard InChI is InChI=1S/C14H12FN3O5/c1-17-12(3-4-18(21)22)16-10(14(17)20)6-8-5-9(15)13(19)11(7-8)23-2/h3-7,19H,1-2H3/b4-3+,10-6-. The van der Waals surface area contributed by atoms with Gasteiger partial charge in [-0.2, -0.15) is 0 Å². The molecule has 1 aliphatic rings. The average molecular weight is 321 g/mol. The largest absolute Gasteiger partial charge is 0.502 e. The fraction of sp³-hybridized carbons (Fsp3) is 0.143. The molecule has 1 amide bonds. The number of hydrogen-bond donors (Lipinski definition) is 1. The third-order valence-corrected chi connectivity index (χ3v) is 3.02. The molecule has 0 aliphatic carbocycles. The van der Waals surface area contributed by atoms with Crippen molar-refractivity contribution in [3.05, 3.63) is 51.6 Å². The van der Waals surface area contributed by atoms with Gasteiger partial charge < -0.3 is 9.84 Å². The van der Waals surface area contributed by atoms with E-state index < -0.39 is 22.4 Å². The number of ether oxygens (including phenoxy) is 1. The van der Waals surface area contributed by atoms with Gasteiger partial charge in [0.05, 0.1) is 18.1 Å². The summed E-state index contributed by atoms with van der Waals surface area (Å²) >= 11 is 0. The number of halogens is 1. The summed E-state index contributed by atoms with van der Waals surface area (Å²) in [6.07, 6.45) is 3.03. The van der Waals surface area contributed by atoms with Crippen LogP contribution in [0.15, 0.2) is 35.1 Å². The lowest BCUT2D eigenvalue weighted by Gasteiger charge is -2.07. The number of likely N-dealkylation sites (N-methyl/N-ethyl adjacent to an activating group) is 1. The van der Waals surface area contributed by atoms with E-state index in [4.69, 9.17) is 4.74 Å². The number of phenolic OH excluding ortho intramolecular Hbond substituents is 1. The minimum absolute atomic E-state index is 0.0253. The van der Waals surface area contributed by atoms with Crippen LogP contribution in [0.4, 0.5) is 4.39 Å². The molecule has 23 heavy (non-hydrogen) atoms. The first kappa shape index (κ1) is 16.1. The molecule has 0 spiro atoms. The minimum Gasteiger partial charge on any atom is -0.502 e. The van der Waals surface area contributed by atoms with E-state index in [1.54, 1.807) is 0 Å². The Morgan fingerprint density at radius 1 is 1.48 bits per heavy atom. The number of amides is 1. The highest BCUT2D eigenvalue weighted by atomic mass is 19.1. The van der Waals surface area contributed by atoms with Crippen molar-refractivity contribution in [1.29, 1.82) is 0 Å². The van der Waals surface area contributed by atoms with Gasteiger partial charge in [-0.05, 0) is 23.8 Å². The maximum Gasteiger partial charge on any atom is 0.277 e. The van der Waals surface area contributed by atoms with Gasteiger partial charge in [-0.15, -0.1) is 0 Å². The Bertz CT molecular complexity index is 770. The van der Waals surface area contributed by atoms with Crippen LogP contribution in [0.25, 0.3) is 6.08 Å². The third kappa shape index (κ3) is 3.34. The Morgan fingerprint density at radius 2 is 2.17 bits per heavy atom. The number of phenols is 1. The molecule has 0 radical (unpaired) electrons. The molecule has 1 aromatic carbocycles. The Hall–Kier alpha value is -3.23. The molecular weight excluding hydrogens is 309 g/mol. The lowest BCUT2D eigenvalue weighted by atomic mass is 10.1. The molecule has 120 valence electrons. The van der Waals surface area contributed by atoms with E-state index in [2.05, 4.69) is 4.99 Å². The van der Waals surface area contributed by atoms with Crippen LogP contribution in [0, 0.1) is 15.9 Å². The normalized spacial score (nSPS) is 16.3. The maximum atomic E-state index is 13.6. The SMILES string of the molecule is COc1cc(/C=C2N=C(/C=C/[N+](=O)[O-])N(C)C\2=O)cc(F)c1O. The summed E-state index contributed by atoms with van der Waals surface area (Å²) in [5, 5.41) is 19.8. The first-order valence-corrected chi connectivity index (χ1v) is 6.30. The highest BCUT2D eigenvalue weighted by Crippen LogP contribution is 2.31. The number of aromatic hydroxyl groups is 1. The number of methoxy groups -OCH3 is 1. The molecule has 1 aliphatic heterocycles. The van der Waals surface area contributed by atoms with Crippen LogP contribution in [0.5, 0.6) is 11.5 Å². The van der Waals surface area contributed by atoms with Crippen LogP contribution in [0.3, 0.4) is 0 Å². The van der Waals surface area contributed by atoms with Gasteiger partial charge in [0.1, 0.15) is 11.5 Å². The van der Waals surface area contributed by atoms with E-state index in [1.165, 1.54) is 26.3 Å². The van der Waals surface area contributed by atoms with Gasteiger partial charge in [-0.3, -0.25) is 19.8 Å².